The largest absolute Gasteiger partial charge is 0.384 e. The summed E-state index contributed by atoms with van der Waals surface area (Å²) >= 11 is 6.26. The van der Waals surface area contributed by atoms with Gasteiger partial charge in [-0.2, -0.15) is 5.10 Å². The summed E-state index contributed by atoms with van der Waals surface area (Å²) in [5.41, 5.74) is -0.0802. The van der Waals surface area contributed by atoms with Crippen LogP contribution >= 0.6 is 11.6 Å². The third-order valence-electron chi connectivity index (χ3n) is 3.32. The van der Waals surface area contributed by atoms with E-state index in [1.54, 1.807) is 6.20 Å². The molecule has 1 rings (SSSR count). The van der Waals surface area contributed by atoms with E-state index in [-0.39, 0.29) is 0 Å². The van der Waals surface area contributed by atoms with E-state index in [1.807, 2.05) is 18.8 Å². The van der Waals surface area contributed by atoms with Gasteiger partial charge in [-0.1, -0.05) is 38.3 Å². The molecule has 0 radical (unpaired) electrons. The SMILES string of the molecule is CCCC(O)(CCC)c1c(Cl)cnn1CCN(C)C. The lowest BCUT2D eigenvalue weighted by Crippen LogP contribution is -2.31. The Morgan fingerprint density at radius 2 is 1.89 bits per heavy atom. The van der Waals surface area contributed by atoms with Crippen molar-refractivity contribution >= 4 is 11.6 Å². The van der Waals surface area contributed by atoms with Gasteiger partial charge in [-0.15, -0.1) is 0 Å². The van der Waals surface area contributed by atoms with Crippen LogP contribution in [0.25, 0.3) is 0 Å². The molecule has 0 atom stereocenters. The highest BCUT2D eigenvalue weighted by Crippen LogP contribution is 2.35. The number of aromatic nitrogens is 2. The first-order valence-corrected chi connectivity index (χ1v) is 7.41. The van der Waals surface area contributed by atoms with Crippen molar-refractivity contribution in [2.24, 2.45) is 0 Å². The third-order valence-corrected chi connectivity index (χ3v) is 3.60. The van der Waals surface area contributed by atoms with Gasteiger partial charge in [0.1, 0.15) is 5.60 Å². The number of halogens is 1. The van der Waals surface area contributed by atoms with E-state index >= 15 is 0 Å². The van der Waals surface area contributed by atoms with Crippen molar-refractivity contribution in [2.75, 3.05) is 20.6 Å². The summed E-state index contributed by atoms with van der Waals surface area (Å²) in [4.78, 5) is 2.10. The maximum Gasteiger partial charge on any atom is 0.108 e. The van der Waals surface area contributed by atoms with Gasteiger partial charge >= 0.3 is 0 Å². The second kappa shape index (κ2) is 7.27. The second-order valence-corrected chi connectivity index (χ2v) is 5.81. The number of aliphatic hydroxyl groups is 1. The molecule has 0 aliphatic heterocycles. The lowest BCUT2D eigenvalue weighted by atomic mass is 9.89. The minimum Gasteiger partial charge on any atom is -0.384 e. The summed E-state index contributed by atoms with van der Waals surface area (Å²) in [6.45, 7) is 5.77. The van der Waals surface area contributed by atoms with E-state index in [2.05, 4.69) is 23.8 Å². The van der Waals surface area contributed by atoms with Crippen LogP contribution in [-0.4, -0.2) is 40.4 Å². The van der Waals surface area contributed by atoms with E-state index in [9.17, 15) is 5.11 Å². The average molecular weight is 288 g/mol. The molecule has 1 N–H and O–H groups in total. The molecule has 5 heteroatoms. The van der Waals surface area contributed by atoms with Gasteiger partial charge < -0.3 is 10.0 Å². The first kappa shape index (κ1) is 16.5. The molecular formula is C14H26ClN3O. The van der Waals surface area contributed by atoms with Crippen molar-refractivity contribution in [3.05, 3.63) is 16.9 Å². The van der Waals surface area contributed by atoms with E-state index in [0.717, 1.165) is 31.6 Å². The van der Waals surface area contributed by atoms with E-state index in [1.165, 1.54) is 0 Å². The lowest BCUT2D eigenvalue weighted by molar-refractivity contribution is 0.00803. The Balaban J connectivity index is 3.04. The summed E-state index contributed by atoms with van der Waals surface area (Å²) < 4.78 is 1.85. The molecule has 0 fully saturated rings. The molecule has 0 bridgehead atoms. The molecule has 1 heterocycles. The van der Waals surface area contributed by atoms with Crippen molar-refractivity contribution in [3.63, 3.8) is 0 Å². The zero-order chi connectivity index (χ0) is 14.5. The average Bonchev–Trinajstić information content (AvgIpc) is 2.69. The minimum absolute atomic E-state index is 0.572. The molecule has 0 aliphatic carbocycles. The van der Waals surface area contributed by atoms with Gasteiger partial charge in [-0.3, -0.25) is 4.68 Å². The topological polar surface area (TPSA) is 41.3 Å². The number of likely N-dealkylation sites (N-methyl/N-ethyl adjacent to an activating group) is 1. The molecule has 110 valence electrons. The number of nitrogens with zero attached hydrogens (tertiary/aromatic N) is 3. The first-order chi connectivity index (χ1) is 8.94. The Morgan fingerprint density at radius 3 is 2.37 bits per heavy atom. The molecule has 1 aromatic heterocycles. The molecule has 4 nitrogen and oxygen atoms in total. The number of hydrogen-bond acceptors (Lipinski definition) is 3. The van der Waals surface area contributed by atoms with Crippen molar-refractivity contribution in [1.29, 1.82) is 0 Å². The normalized spacial score (nSPS) is 12.4. The summed E-state index contributed by atoms with van der Waals surface area (Å²) in [6.07, 6.45) is 4.92. The van der Waals surface area contributed by atoms with Crippen LogP contribution in [-0.2, 0) is 12.1 Å². The van der Waals surface area contributed by atoms with Gasteiger partial charge in [0.2, 0.25) is 0 Å². The van der Waals surface area contributed by atoms with Crippen molar-refractivity contribution in [3.8, 4) is 0 Å². The maximum absolute atomic E-state index is 10.9. The van der Waals surface area contributed by atoms with Gasteiger partial charge in [-0.05, 0) is 26.9 Å². The summed E-state index contributed by atoms with van der Waals surface area (Å²) in [5.74, 6) is 0. The fourth-order valence-corrected chi connectivity index (χ4v) is 2.80. The number of rotatable bonds is 8. The van der Waals surface area contributed by atoms with Gasteiger partial charge in [0.15, 0.2) is 0 Å². The van der Waals surface area contributed by atoms with E-state index in [4.69, 9.17) is 11.6 Å². The molecule has 0 spiro atoms. The molecule has 0 saturated heterocycles. The van der Waals surface area contributed by atoms with Crippen LogP contribution in [0.15, 0.2) is 6.20 Å². The fourth-order valence-electron chi connectivity index (χ4n) is 2.48. The van der Waals surface area contributed by atoms with Gasteiger partial charge in [-0.25, -0.2) is 0 Å². The van der Waals surface area contributed by atoms with Gasteiger partial charge in [0.05, 0.1) is 23.5 Å². The Bertz CT molecular complexity index is 384. The lowest BCUT2D eigenvalue weighted by Gasteiger charge is -2.29. The zero-order valence-corrected chi connectivity index (χ0v) is 13.2. The molecule has 19 heavy (non-hydrogen) atoms. The Morgan fingerprint density at radius 1 is 1.32 bits per heavy atom. The molecule has 0 aliphatic rings. The standard InChI is InChI=1S/C14H26ClN3O/c1-5-7-14(19,8-6-2)13-12(15)11-16-18(13)10-9-17(3)4/h11,19H,5-10H2,1-4H3. The summed E-state index contributed by atoms with van der Waals surface area (Å²) in [5, 5.41) is 15.8. The molecule has 0 aromatic carbocycles. The van der Waals surface area contributed by atoms with Crippen LogP contribution < -0.4 is 0 Å². The highest BCUT2D eigenvalue weighted by molar-refractivity contribution is 6.31. The molecule has 1 aromatic rings. The molecule has 0 amide bonds. The Kier molecular flexibility index (Phi) is 6.30. The highest BCUT2D eigenvalue weighted by atomic mass is 35.5. The van der Waals surface area contributed by atoms with Crippen LogP contribution in [0.5, 0.6) is 0 Å². The van der Waals surface area contributed by atoms with Crippen LogP contribution in [0.3, 0.4) is 0 Å². The fraction of sp³-hybridized carbons (Fsp3) is 0.786. The molecule has 0 unspecified atom stereocenters. The smallest absolute Gasteiger partial charge is 0.108 e. The van der Waals surface area contributed by atoms with Gasteiger partial charge in [0, 0.05) is 6.54 Å². The maximum atomic E-state index is 10.9. The predicted octanol–water partition coefficient (Wildman–Crippen LogP) is 2.89. The summed E-state index contributed by atoms with van der Waals surface area (Å²) in [7, 11) is 4.05. The quantitative estimate of drug-likeness (QED) is 0.799. The van der Waals surface area contributed by atoms with Crippen LogP contribution in [0.4, 0.5) is 0 Å². The van der Waals surface area contributed by atoms with E-state index < -0.39 is 5.60 Å². The molecular weight excluding hydrogens is 262 g/mol. The first-order valence-electron chi connectivity index (χ1n) is 7.03. The van der Waals surface area contributed by atoms with Gasteiger partial charge in [0.25, 0.3) is 0 Å². The van der Waals surface area contributed by atoms with Crippen molar-refractivity contribution in [2.45, 2.75) is 51.7 Å². The summed E-state index contributed by atoms with van der Waals surface area (Å²) in [6, 6.07) is 0. The molecule has 0 saturated carbocycles. The highest BCUT2D eigenvalue weighted by Gasteiger charge is 2.33. The predicted molar refractivity (Wildman–Crippen MR) is 79.5 cm³/mol. The minimum atomic E-state index is -0.858. The van der Waals surface area contributed by atoms with Crippen LogP contribution in [0, 0.1) is 0 Å². The monoisotopic (exact) mass is 287 g/mol. The van der Waals surface area contributed by atoms with Crippen molar-refractivity contribution in [1.82, 2.24) is 14.7 Å². The zero-order valence-electron chi connectivity index (χ0n) is 12.5. The van der Waals surface area contributed by atoms with E-state index in [0.29, 0.717) is 17.9 Å². The third kappa shape index (κ3) is 4.20. The van der Waals surface area contributed by atoms with Crippen LogP contribution in [0.2, 0.25) is 5.02 Å². The Labute approximate surface area is 121 Å². The second-order valence-electron chi connectivity index (χ2n) is 5.40. The number of hydrogen-bond donors (Lipinski definition) is 1. The Hall–Kier alpha value is -0.580. The van der Waals surface area contributed by atoms with Crippen LogP contribution in [0.1, 0.15) is 45.2 Å². The van der Waals surface area contributed by atoms with Crippen molar-refractivity contribution < 1.29 is 5.11 Å².